The molecule has 0 aliphatic heterocycles. The van der Waals surface area contributed by atoms with E-state index >= 15 is 0 Å². The fourth-order valence-corrected chi connectivity index (χ4v) is 2.20. The summed E-state index contributed by atoms with van der Waals surface area (Å²) in [6, 6.07) is 4.12. The fourth-order valence-electron chi connectivity index (χ4n) is 2.20. The van der Waals surface area contributed by atoms with Crippen LogP contribution in [0.4, 0.5) is 4.39 Å². The first-order valence-electron chi connectivity index (χ1n) is 6.14. The molecule has 3 rings (SSSR count). The van der Waals surface area contributed by atoms with Gasteiger partial charge in [0.25, 0.3) is 5.91 Å². The Morgan fingerprint density at radius 1 is 1.29 bits per heavy atom. The Bertz CT molecular complexity index is 831. The normalized spacial score (nSPS) is 12.5. The van der Waals surface area contributed by atoms with Crippen LogP contribution in [0.1, 0.15) is 27.6 Å². The van der Waals surface area contributed by atoms with Crippen LogP contribution in [0.2, 0.25) is 0 Å². The predicted octanol–water partition coefficient (Wildman–Crippen LogP) is 1.28. The summed E-state index contributed by atoms with van der Waals surface area (Å²) in [4.78, 5) is 22.2. The Morgan fingerprint density at radius 3 is 2.81 bits per heavy atom. The average Bonchev–Trinajstić information content (AvgIpc) is 2.90. The van der Waals surface area contributed by atoms with Gasteiger partial charge in [0.05, 0.1) is 5.56 Å². The Hall–Kier alpha value is -2.80. The molecule has 0 spiro atoms. The molecule has 1 amide bonds. The molecular formula is C14H11FN4O2. The molecule has 7 heteroatoms. The molecule has 0 saturated heterocycles. The second kappa shape index (κ2) is 4.95. The second-order valence-corrected chi connectivity index (χ2v) is 4.47. The molecule has 6 nitrogen and oxygen atoms in total. The first-order valence-corrected chi connectivity index (χ1v) is 6.14. The van der Waals surface area contributed by atoms with Gasteiger partial charge >= 0.3 is 0 Å². The van der Waals surface area contributed by atoms with Gasteiger partial charge in [-0.2, -0.15) is 0 Å². The lowest BCUT2D eigenvalue weighted by Crippen LogP contribution is -2.15. The molecule has 0 saturated carbocycles. The van der Waals surface area contributed by atoms with Crippen molar-refractivity contribution in [3.8, 4) is 0 Å². The van der Waals surface area contributed by atoms with E-state index in [1.54, 1.807) is 0 Å². The number of primary amides is 1. The van der Waals surface area contributed by atoms with Crippen molar-refractivity contribution in [3.05, 3.63) is 59.3 Å². The van der Waals surface area contributed by atoms with Gasteiger partial charge in [0, 0.05) is 29.7 Å². The number of nitrogens with one attached hydrogen (secondary N) is 1. The predicted molar refractivity (Wildman–Crippen MR) is 72.9 cm³/mol. The van der Waals surface area contributed by atoms with E-state index in [4.69, 9.17) is 5.73 Å². The summed E-state index contributed by atoms with van der Waals surface area (Å²) in [6.45, 7) is 0. The number of aliphatic hydroxyl groups excluding tert-OH is 1. The molecule has 3 aromatic rings. The van der Waals surface area contributed by atoms with E-state index in [1.807, 2.05) is 0 Å². The maximum absolute atomic E-state index is 14.3. The van der Waals surface area contributed by atoms with Crippen LogP contribution in [0.3, 0.4) is 0 Å². The summed E-state index contributed by atoms with van der Waals surface area (Å²) >= 11 is 0. The number of nitrogens with two attached hydrogens (primary N) is 1. The van der Waals surface area contributed by atoms with Crippen molar-refractivity contribution >= 4 is 17.1 Å². The molecule has 106 valence electrons. The van der Waals surface area contributed by atoms with Gasteiger partial charge in [-0.05, 0) is 6.07 Å². The van der Waals surface area contributed by atoms with Crippen molar-refractivity contribution in [2.45, 2.75) is 6.10 Å². The van der Waals surface area contributed by atoms with Crippen LogP contribution in [0.15, 0.2) is 36.8 Å². The quantitative estimate of drug-likeness (QED) is 0.674. The van der Waals surface area contributed by atoms with Crippen molar-refractivity contribution in [2.24, 2.45) is 5.73 Å². The van der Waals surface area contributed by atoms with Gasteiger partial charge in [0.15, 0.2) is 5.65 Å². The van der Waals surface area contributed by atoms with E-state index in [0.717, 1.165) is 0 Å². The number of H-pyrrole nitrogens is 1. The number of hydrogen-bond acceptors (Lipinski definition) is 4. The van der Waals surface area contributed by atoms with Gasteiger partial charge in [-0.3, -0.25) is 9.78 Å². The summed E-state index contributed by atoms with van der Waals surface area (Å²) in [5.74, 6) is -1.73. The lowest BCUT2D eigenvalue weighted by Gasteiger charge is -2.12. The number of amides is 1. The third kappa shape index (κ3) is 2.13. The summed E-state index contributed by atoms with van der Waals surface area (Å²) in [5.41, 5.74) is 6.09. The van der Waals surface area contributed by atoms with Gasteiger partial charge in [0.1, 0.15) is 17.4 Å². The number of aliphatic hydroxyl groups is 1. The lowest BCUT2D eigenvalue weighted by molar-refractivity contribution is 0.0996. The number of aromatic nitrogens is 3. The number of rotatable bonds is 3. The van der Waals surface area contributed by atoms with Crippen LogP contribution in [-0.4, -0.2) is 26.0 Å². The topological polar surface area (TPSA) is 105 Å². The first kappa shape index (κ1) is 13.2. The minimum atomic E-state index is -1.28. The molecule has 1 atom stereocenters. The zero-order valence-corrected chi connectivity index (χ0v) is 10.7. The van der Waals surface area contributed by atoms with Crippen LogP contribution in [-0.2, 0) is 0 Å². The number of halogens is 1. The van der Waals surface area contributed by atoms with Gasteiger partial charge in [-0.1, -0.05) is 12.1 Å². The molecule has 2 heterocycles. The zero-order chi connectivity index (χ0) is 15.0. The van der Waals surface area contributed by atoms with Gasteiger partial charge < -0.3 is 15.8 Å². The molecule has 0 radical (unpaired) electrons. The van der Waals surface area contributed by atoms with Crippen LogP contribution >= 0.6 is 0 Å². The maximum atomic E-state index is 14.3. The Morgan fingerprint density at radius 2 is 2.05 bits per heavy atom. The monoisotopic (exact) mass is 286 g/mol. The van der Waals surface area contributed by atoms with Crippen LogP contribution in [0, 0.1) is 5.82 Å². The van der Waals surface area contributed by atoms with Gasteiger partial charge in [-0.25, -0.2) is 9.37 Å². The molecule has 0 fully saturated rings. The van der Waals surface area contributed by atoms with Crippen LogP contribution in [0.5, 0.6) is 0 Å². The van der Waals surface area contributed by atoms with Crippen molar-refractivity contribution in [3.63, 3.8) is 0 Å². The summed E-state index contributed by atoms with van der Waals surface area (Å²) in [7, 11) is 0. The molecule has 4 N–H and O–H groups in total. The highest BCUT2D eigenvalue weighted by Crippen LogP contribution is 2.29. The Labute approximate surface area is 118 Å². The molecule has 0 bridgehead atoms. The highest BCUT2D eigenvalue weighted by atomic mass is 19.1. The van der Waals surface area contributed by atoms with Crippen LogP contribution in [0.25, 0.3) is 11.2 Å². The van der Waals surface area contributed by atoms with Crippen molar-refractivity contribution < 1.29 is 14.3 Å². The number of carbonyl (C=O) groups excluding carboxylic acids is 1. The summed E-state index contributed by atoms with van der Waals surface area (Å²) in [5, 5.41) is 10.4. The highest BCUT2D eigenvalue weighted by Gasteiger charge is 2.22. The number of carbonyl (C=O) groups is 1. The molecule has 21 heavy (non-hydrogen) atoms. The van der Waals surface area contributed by atoms with E-state index in [2.05, 4.69) is 15.0 Å². The minimum Gasteiger partial charge on any atom is -0.383 e. The molecule has 2 aromatic heterocycles. The van der Waals surface area contributed by atoms with E-state index in [1.165, 1.54) is 36.8 Å². The maximum Gasteiger partial charge on any atom is 0.251 e. The number of aromatic amines is 1. The van der Waals surface area contributed by atoms with Crippen molar-refractivity contribution in [1.82, 2.24) is 15.0 Å². The molecule has 1 aromatic carbocycles. The van der Waals surface area contributed by atoms with Gasteiger partial charge in [-0.15, -0.1) is 0 Å². The largest absolute Gasteiger partial charge is 0.383 e. The summed E-state index contributed by atoms with van der Waals surface area (Å²) < 4.78 is 14.3. The zero-order valence-electron chi connectivity index (χ0n) is 10.7. The highest BCUT2D eigenvalue weighted by molar-refractivity contribution is 5.93. The van der Waals surface area contributed by atoms with E-state index < -0.39 is 17.8 Å². The minimum absolute atomic E-state index is 0.0437. The second-order valence-electron chi connectivity index (χ2n) is 4.47. The van der Waals surface area contributed by atoms with Crippen molar-refractivity contribution in [1.29, 1.82) is 0 Å². The molecule has 0 aliphatic rings. The third-order valence-electron chi connectivity index (χ3n) is 3.22. The smallest absolute Gasteiger partial charge is 0.251 e. The lowest BCUT2D eigenvalue weighted by atomic mass is 10.00. The third-order valence-corrected chi connectivity index (χ3v) is 3.22. The standard InChI is InChI=1S/C14H11FN4O2/c15-10-7(2-1-3-8(10)13(16)21)12(20)9-6-19-14-11(9)17-4-5-18-14/h1-6,12,20H,(H2,16,21)(H,18,19). The van der Waals surface area contributed by atoms with Crippen molar-refractivity contribution in [2.75, 3.05) is 0 Å². The SMILES string of the molecule is NC(=O)c1cccc(C(O)c2c[nH]c3nccnc23)c1F. The molecule has 1 unspecified atom stereocenters. The molecule has 0 aliphatic carbocycles. The van der Waals surface area contributed by atoms with E-state index in [9.17, 15) is 14.3 Å². The molecular weight excluding hydrogens is 275 g/mol. The number of benzene rings is 1. The first-order chi connectivity index (χ1) is 10.1. The summed E-state index contributed by atoms with van der Waals surface area (Å²) in [6.07, 6.45) is 3.20. The Balaban J connectivity index is 2.12. The number of fused-ring (bicyclic) bond motifs is 1. The van der Waals surface area contributed by atoms with Crippen LogP contribution < -0.4 is 5.73 Å². The Kier molecular flexibility index (Phi) is 3.11. The number of nitrogens with zero attached hydrogens (tertiary/aromatic N) is 2. The van der Waals surface area contributed by atoms with E-state index in [0.29, 0.717) is 16.7 Å². The average molecular weight is 286 g/mol. The number of hydrogen-bond donors (Lipinski definition) is 3. The van der Waals surface area contributed by atoms with Gasteiger partial charge in [0.2, 0.25) is 0 Å². The fraction of sp³-hybridized carbons (Fsp3) is 0.0714. The van der Waals surface area contributed by atoms with E-state index in [-0.39, 0.29) is 11.1 Å².